The molecule has 2 rings (SSSR count). The number of amides is 2. The van der Waals surface area contributed by atoms with Crippen molar-refractivity contribution in [3.05, 3.63) is 64.9 Å². The molecule has 0 aliphatic rings. The molecule has 7 nitrogen and oxygen atoms in total. The first-order chi connectivity index (χ1) is 13.5. The van der Waals surface area contributed by atoms with Crippen LogP contribution in [0.25, 0.3) is 0 Å². The fourth-order valence-corrected chi connectivity index (χ4v) is 2.77. The van der Waals surface area contributed by atoms with E-state index in [0.29, 0.717) is 31.0 Å². The van der Waals surface area contributed by atoms with Gasteiger partial charge in [-0.15, -0.1) is 0 Å². The van der Waals surface area contributed by atoms with Gasteiger partial charge in [0.15, 0.2) is 0 Å². The predicted octanol–water partition coefficient (Wildman–Crippen LogP) is 0.668. The van der Waals surface area contributed by atoms with Crippen molar-refractivity contribution >= 4 is 23.4 Å². The van der Waals surface area contributed by atoms with Gasteiger partial charge >= 0.3 is 0 Å². The fourth-order valence-electron chi connectivity index (χ4n) is 2.64. The van der Waals surface area contributed by atoms with E-state index >= 15 is 0 Å². The number of nitrogens with one attached hydrogen (secondary N) is 3. The number of likely N-dealkylation sites (N-methyl/N-ethyl adjacent to an activating group) is 1. The van der Waals surface area contributed by atoms with Gasteiger partial charge in [-0.05, 0) is 48.9 Å². The molecule has 2 amide bonds. The van der Waals surface area contributed by atoms with Crippen LogP contribution in [-0.2, 0) is 22.4 Å². The van der Waals surface area contributed by atoms with Crippen LogP contribution in [0.3, 0.4) is 0 Å². The molecule has 2 unspecified atom stereocenters. The third kappa shape index (κ3) is 7.26. The monoisotopic (exact) mass is 403 g/mol. The van der Waals surface area contributed by atoms with Crippen LogP contribution in [0.1, 0.15) is 11.1 Å². The summed E-state index contributed by atoms with van der Waals surface area (Å²) in [6.45, 7) is 1.10. The lowest BCUT2D eigenvalue weighted by Crippen LogP contribution is -2.53. The average molecular weight is 404 g/mol. The molecular formula is C20H26ClN5O2. The summed E-state index contributed by atoms with van der Waals surface area (Å²) in [6.07, 6.45) is 4.01. The molecule has 5 N–H and O–H groups in total. The van der Waals surface area contributed by atoms with Crippen molar-refractivity contribution in [2.75, 3.05) is 20.1 Å². The van der Waals surface area contributed by atoms with E-state index in [2.05, 4.69) is 20.9 Å². The van der Waals surface area contributed by atoms with Crippen LogP contribution in [0.5, 0.6) is 0 Å². The lowest BCUT2D eigenvalue weighted by atomic mass is 10.0. The molecular weight excluding hydrogens is 378 g/mol. The Morgan fingerprint density at radius 1 is 1.00 bits per heavy atom. The van der Waals surface area contributed by atoms with Crippen molar-refractivity contribution in [1.29, 1.82) is 0 Å². The van der Waals surface area contributed by atoms with Gasteiger partial charge in [0.25, 0.3) is 0 Å². The van der Waals surface area contributed by atoms with Crippen molar-refractivity contribution in [3.63, 3.8) is 0 Å². The standard InChI is InChI=1S/C20H26ClN5O2/c1-23-10-11-25-20(28)18(13-15-6-8-24-9-7-15)26-19(27)17(22)12-14-2-4-16(21)5-3-14/h2-9,17-18,23H,10-13,22H2,1H3,(H,25,28)(H,26,27). The van der Waals surface area contributed by atoms with E-state index < -0.39 is 12.1 Å². The van der Waals surface area contributed by atoms with E-state index in [1.54, 1.807) is 31.6 Å². The first-order valence-electron chi connectivity index (χ1n) is 9.11. The summed E-state index contributed by atoms with van der Waals surface area (Å²) in [4.78, 5) is 29.1. The van der Waals surface area contributed by atoms with Gasteiger partial charge in [0.1, 0.15) is 6.04 Å². The quantitative estimate of drug-likeness (QED) is 0.436. The van der Waals surface area contributed by atoms with E-state index in [1.165, 1.54) is 0 Å². The maximum atomic E-state index is 12.6. The molecule has 0 saturated carbocycles. The Hall–Kier alpha value is -2.48. The molecule has 28 heavy (non-hydrogen) atoms. The number of carbonyl (C=O) groups excluding carboxylic acids is 2. The number of pyridine rings is 1. The van der Waals surface area contributed by atoms with Crippen molar-refractivity contribution in [1.82, 2.24) is 20.9 Å². The van der Waals surface area contributed by atoms with Crippen molar-refractivity contribution in [2.45, 2.75) is 24.9 Å². The molecule has 0 spiro atoms. The Labute approximate surface area is 170 Å². The summed E-state index contributed by atoms with van der Waals surface area (Å²) >= 11 is 5.88. The van der Waals surface area contributed by atoms with Crippen molar-refractivity contribution < 1.29 is 9.59 Å². The van der Waals surface area contributed by atoms with Gasteiger partial charge in [-0.1, -0.05) is 23.7 Å². The van der Waals surface area contributed by atoms with Crippen molar-refractivity contribution in [3.8, 4) is 0 Å². The Balaban J connectivity index is 2.01. The van der Waals surface area contributed by atoms with Crippen molar-refractivity contribution in [2.24, 2.45) is 5.73 Å². The lowest BCUT2D eigenvalue weighted by Gasteiger charge is -2.21. The van der Waals surface area contributed by atoms with Crippen LogP contribution in [0.2, 0.25) is 5.02 Å². The maximum absolute atomic E-state index is 12.6. The van der Waals surface area contributed by atoms with Crippen LogP contribution >= 0.6 is 11.6 Å². The number of nitrogens with two attached hydrogens (primary N) is 1. The zero-order valence-electron chi connectivity index (χ0n) is 15.8. The maximum Gasteiger partial charge on any atom is 0.242 e. The van der Waals surface area contributed by atoms with Crippen LogP contribution in [0.4, 0.5) is 0 Å². The third-order valence-corrected chi connectivity index (χ3v) is 4.45. The number of hydrogen-bond donors (Lipinski definition) is 4. The number of hydrogen-bond acceptors (Lipinski definition) is 5. The summed E-state index contributed by atoms with van der Waals surface area (Å²) in [6, 6.07) is 9.30. The molecule has 1 heterocycles. The second kappa shape index (κ2) is 11.4. The van der Waals surface area contributed by atoms with E-state index in [4.69, 9.17) is 17.3 Å². The molecule has 0 saturated heterocycles. The van der Waals surface area contributed by atoms with Gasteiger partial charge < -0.3 is 21.7 Å². The van der Waals surface area contributed by atoms with E-state index in [9.17, 15) is 9.59 Å². The number of aromatic nitrogens is 1. The second-order valence-corrected chi connectivity index (χ2v) is 6.89. The van der Waals surface area contributed by atoms with Gasteiger partial charge in [0, 0.05) is 36.9 Å². The highest BCUT2D eigenvalue weighted by Gasteiger charge is 2.24. The zero-order valence-corrected chi connectivity index (χ0v) is 16.6. The molecule has 0 bridgehead atoms. The fraction of sp³-hybridized carbons (Fsp3) is 0.350. The van der Waals surface area contributed by atoms with Crippen LogP contribution < -0.4 is 21.7 Å². The number of halogens is 1. The minimum Gasteiger partial charge on any atom is -0.353 e. The minimum atomic E-state index is -0.772. The zero-order chi connectivity index (χ0) is 20.4. The average Bonchev–Trinajstić information content (AvgIpc) is 2.70. The summed E-state index contributed by atoms with van der Waals surface area (Å²) in [5.74, 6) is -0.628. The number of benzene rings is 1. The predicted molar refractivity (Wildman–Crippen MR) is 110 cm³/mol. The van der Waals surface area contributed by atoms with E-state index in [1.807, 2.05) is 24.3 Å². The van der Waals surface area contributed by atoms with Gasteiger partial charge in [0.2, 0.25) is 11.8 Å². The number of rotatable bonds is 10. The molecule has 8 heteroatoms. The lowest BCUT2D eigenvalue weighted by molar-refractivity contribution is -0.129. The SMILES string of the molecule is CNCCNC(=O)C(Cc1ccncc1)NC(=O)C(N)Cc1ccc(Cl)cc1. The minimum absolute atomic E-state index is 0.251. The summed E-state index contributed by atoms with van der Waals surface area (Å²) in [7, 11) is 1.80. The largest absolute Gasteiger partial charge is 0.353 e. The molecule has 0 radical (unpaired) electrons. The third-order valence-electron chi connectivity index (χ3n) is 4.20. The molecule has 150 valence electrons. The normalized spacial score (nSPS) is 12.8. The van der Waals surface area contributed by atoms with Gasteiger partial charge in [-0.25, -0.2) is 0 Å². The van der Waals surface area contributed by atoms with E-state index in [0.717, 1.165) is 11.1 Å². The van der Waals surface area contributed by atoms with E-state index in [-0.39, 0.29) is 11.8 Å². The molecule has 1 aromatic heterocycles. The van der Waals surface area contributed by atoms with Gasteiger partial charge in [0.05, 0.1) is 6.04 Å². The first kappa shape index (κ1) is 21.8. The molecule has 2 atom stereocenters. The molecule has 0 fully saturated rings. The smallest absolute Gasteiger partial charge is 0.242 e. The summed E-state index contributed by atoms with van der Waals surface area (Å²) in [5, 5.41) is 9.18. The highest BCUT2D eigenvalue weighted by Crippen LogP contribution is 2.11. The summed E-state index contributed by atoms with van der Waals surface area (Å²) in [5.41, 5.74) is 7.85. The van der Waals surface area contributed by atoms with Crippen LogP contribution in [-0.4, -0.2) is 49.0 Å². The topological polar surface area (TPSA) is 109 Å². The molecule has 0 aliphatic carbocycles. The van der Waals surface area contributed by atoms with Crippen LogP contribution in [0.15, 0.2) is 48.8 Å². The van der Waals surface area contributed by atoms with Gasteiger partial charge in [-0.3, -0.25) is 14.6 Å². The first-order valence-corrected chi connectivity index (χ1v) is 9.49. The summed E-state index contributed by atoms with van der Waals surface area (Å²) < 4.78 is 0. The molecule has 0 aliphatic heterocycles. The Morgan fingerprint density at radius 3 is 2.29 bits per heavy atom. The number of carbonyl (C=O) groups is 2. The molecule has 2 aromatic rings. The highest BCUT2D eigenvalue weighted by molar-refractivity contribution is 6.30. The Kier molecular flexibility index (Phi) is 8.87. The molecule has 1 aromatic carbocycles. The highest BCUT2D eigenvalue weighted by atomic mass is 35.5. The second-order valence-electron chi connectivity index (χ2n) is 6.45. The Bertz CT molecular complexity index is 755. The van der Waals surface area contributed by atoms with Crippen LogP contribution in [0, 0.1) is 0 Å². The van der Waals surface area contributed by atoms with Gasteiger partial charge in [-0.2, -0.15) is 0 Å². The Morgan fingerprint density at radius 2 is 1.64 bits per heavy atom. The number of nitrogens with zero attached hydrogens (tertiary/aromatic N) is 1.